The largest absolute Gasteiger partial charge is 0.494 e. The zero-order valence-corrected chi connectivity index (χ0v) is 22.6. The molecule has 39 heavy (non-hydrogen) atoms. The predicted molar refractivity (Wildman–Crippen MR) is 156 cm³/mol. The summed E-state index contributed by atoms with van der Waals surface area (Å²) in [6, 6.07) is 36.1. The van der Waals surface area contributed by atoms with Gasteiger partial charge in [0.1, 0.15) is 44.1 Å². The summed E-state index contributed by atoms with van der Waals surface area (Å²) in [5.41, 5.74) is 5.11. The van der Waals surface area contributed by atoms with Gasteiger partial charge in [0.15, 0.2) is 0 Å². The van der Waals surface area contributed by atoms with Gasteiger partial charge in [-0.25, -0.2) is 0 Å². The highest BCUT2D eigenvalue weighted by molar-refractivity contribution is 6.01. The van der Waals surface area contributed by atoms with E-state index in [0.717, 1.165) is 46.1 Å². The van der Waals surface area contributed by atoms with Crippen LogP contribution in [-0.4, -0.2) is 19.4 Å². The summed E-state index contributed by atoms with van der Waals surface area (Å²) in [4.78, 5) is 4.98. The third kappa shape index (κ3) is 8.78. The molecule has 5 nitrogen and oxygen atoms in total. The summed E-state index contributed by atoms with van der Waals surface area (Å²) in [5.74, 6) is 2.67. The Kier molecular flexibility index (Phi) is 10.2. The lowest BCUT2D eigenvalue weighted by Gasteiger charge is -2.16. The number of benzene rings is 4. The fraction of sp³-hybridized carbons (Fsp3) is 0.206. The van der Waals surface area contributed by atoms with Crippen molar-refractivity contribution in [1.29, 1.82) is 0 Å². The van der Waals surface area contributed by atoms with Gasteiger partial charge in [0.25, 0.3) is 0 Å². The Labute approximate surface area is 231 Å². The van der Waals surface area contributed by atoms with Crippen LogP contribution in [0.3, 0.4) is 0 Å². The molecule has 0 amide bonds. The lowest BCUT2D eigenvalue weighted by molar-refractivity contribution is 0.187. The third-order valence-electron chi connectivity index (χ3n) is 6.28. The van der Waals surface area contributed by atoms with Crippen LogP contribution in [0.15, 0.2) is 127 Å². The molecule has 0 aliphatic heterocycles. The minimum absolute atomic E-state index is 0.297. The molecule has 0 aromatic heterocycles. The highest BCUT2D eigenvalue weighted by Crippen LogP contribution is 2.26. The maximum Gasteiger partial charge on any atom is 0.134 e. The summed E-state index contributed by atoms with van der Waals surface area (Å²) in [7, 11) is 1.53. The van der Waals surface area contributed by atoms with E-state index in [1.807, 2.05) is 84.9 Å². The average Bonchev–Trinajstić information content (AvgIpc) is 2.99. The van der Waals surface area contributed by atoms with Gasteiger partial charge in [0.05, 0.1) is 5.76 Å². The van der Waals surface area contributed by atoms with E-state index in [-0.39, 0.29) is 0 Å². The van der Waals surface area contributed by atoms with Crippen LogP contribution in [0.25, 0.3) is 0 Å². The van der Waals surface area contributed by atoms with Crippen molar-refractivity contribution in [1.82, 2.24) is 0 Å². The normalized spacial score (nSPS) is 11.9. The molecule has 0 spiro atoms. The van der Waals surface area contributed by atoms with Gasteiger partial charge in [-0.1, -0.05) is 104 Å². The van der Waals surface area contributed by atoms with Crippen molar-refractivity contribution in [3.8, 4) is 11.5 Å². The van der Waals surface area contributed by atoms with Crippen LogP contribution < -0.4 is 9.47 Å². The molecule has 0 aliphatic carbocycles. The molecule has 0 aliphatic rings. The van der Waals surface area contributed by atoms with Crippen LogP contribution in [0.4, 0.5) is 0 Å². The number of hydrogen-bond donors (Lipinski definition) is 0. The first-order chi connectivity index (χ1) is 19.1. The van der Waals surface area contributed by atoms with E-state index in [1.165, 1.54) is 12.7 Å². The number of hydrogen-bond acceptors (Lipinski definition) is 5. The number of ether oxygens (including phenoxy) is 3. The maximum absolute atomic E-state index is 6.00. The van der Waals surface area contributed by atoms with E-state index in [9.17, 15) is 0 Å². The topological polar surface area (TPSA) is 49.3 Å². The smallest absolute Gasteiger partial charge is 0.134 e. The van der Waals surface area contributed by atoms with Crippen molar-refractivity contribution < 1.29 is 19.0 Å². The molecule has 0 radical (unpaired) electrons. The van der Waals surface area contributed by atoms with E-state index >= 15 is 0 Å². The molecular formula is C34H35NO4. The monoisotopic (exact) mass is 521 g/mol. The Morgan fingerprint density at radius 2 is 1.31 bits per heavy atom. The Morgan fingerprint density at radius 3 is 1.97 bits per heavy atom. The molecule has 1 atom stereocenters. The Balaban J connectivity index is 1.22. The van der Waals surface area contributed by atoms with E-state index in [0.29, 0.717) is 25.7 Å². The summed E-state index contributed by atoms with van der Waals surface area (Å²) in [5, 5.41) is 4.10. The van der Waals surface area contributed by atoms with Crippen molar-refractivity contribution in [3.05, 3.63) is 144 Å². The molecule has 4 rings (SSSR count). The lowest BCUT2D eigenvalue weighted by Crippen LogP contribution is -2.13. The summed E-state index contributed by atoms with van der Waals surface area (Å²) in [6.07, 6.45) is 0.769. The zero-order chi connectivity index (χ0) is 27.3. The first-order valence-electron chi connectivity index (χ1n) is 13.0. The molecule has 0 N–H and O–H groups in total. The van der Waals surface area contributed by atoms with Gasteiger partial charge in [-0.2, -0.15) is 0 Å². The van der Waals surface area contributed by atoms with Crippen LogP contribution in [0.1, 0.15) is 41.5 Å². The van der Waals surface area contributed by atoms with E-state index in [4.69, 9.17) is 19.0 Å². The second-order valence-corrected chi connectivity index (χ2v) is 9.30. The Hall–Kier alpha value is -4.51. The molecule has 5 heteroatoms. The van der Waals surface area contributed by atoms with E-state index in [2.05, 4.69) is 42.9 Å². The molecule has 200 valence electrons. The van der Waals surface area contributed by atoms with Crippen LogP contribution >= 0.6 is 0 Å². The summed E-state index contributed by atoms with van der Waals surface area (Å²) in [6.45, 7) is 7.61. The number of rotatable bonds is 14. The fourth-order valence-electron chi connectivity index (χ4n) is 4.07. The quantitative estimate of drug-likeness (QED) is 0.0961. The Bertz CT molecular complexity index is 1320. The fourth-order valence-corrected chi connectivity index (χ4v) is 4.07. The minimum atomic E-state index is 0.297. The van der Waals surface area contributed by atoms with Crippen LogP contribution in [0.2, 0.25) is 0 Å². The lowest BCUT2D eigenvalue weighted by atomic mass is 9.97. The molecule has 0 saturated heterocycles. The number of oxime groups is 1. The van der Waals surface area contributed by atoms with Gasteiger partial charge >= 0.3 is 0 Å². The second-order valence-electron chi connectivity index (χ2n) is 9.30. The molecule has 0 bridgehead atoms. The Morgan fingerprint density at radius 1 is 0.718 bits per heavy atom. The van der Waals surface area contributed by atoms with Crippen molar-refractivity contribution in [3.63, 3.8) is 0 Å². The average molecular weight is 522 g/mol. The van der Waals surface area contributed by atoms with Crippen molar-refractivity contribution >= 4 is 5.71 Å². The summed E-state index contributed by atoms with van der Waals surface area (Å²) >= 11 is 0. The first-order valence-corrected chi connectivity index (χ1v) is 13.0. The van der Waals surface area contributed by atoms with Gasteiger partial charge < -0.3 is 19.0 Å². The van der Waals surface area contributed by atoms with Crippen molar-refractivity contribution in [2.24, 2.45) is 5.16 Å². The number of nitrogens with zero attached hydrogens (tertiary/aromatic N) is 1. The van der Waals surface area contributed by atoms with Crippen LogP contribution in [0, 0.1) is 0 Å². The van der Waals surface area contributed by atoms with Crippen LogP contribution in [0.5, 0.6) is 11.5 Å². The zero-order valence-electron chi connectivity index (χ0n) is 22.6. The van der Waals surface area contributed by atoms with Crippen molar-refractivity contribution in [2.45, 2.75) is 32.5 Å². The predicted octanol–water partition coefficient (Wildman–Crippen LogP) is 7.92. The van der Waals surface area contributed by atoms with Gasteiger partial charge in [0, 0.05) is 12.0 Å². The van der Waals surface area contributed by atoms with Gasteiger partial charge in [-0.15, -0.1) is 0 Å². The maximum atomic E-state index is 6.00. The third-order valence-corrected chi connectivity index (χ3v) is 6.28. The number of allylic oxidation sites excluding steroid dienone is 1. The highest BCUT2D eigenvalue weighted by atomic mass is 16.6. The SMILES string of the molecule is C=C(CC(C)c1ccc(OCc2ccc(OC/C(=N\OC)c3ccccc3)cc2)cc1)OCc1ccccc1. The molecule has 0 fully saturated rings. The molecular weight excluding hydrogens is 486 g/mol. The van der Waals surface area contributed by atoms with E-state index in [1.54, 1.807) is 0 Å². The van der Waals surface area contributed by atoms with Gasteiger partial charge in [-0.3, -0.25) is 0 Å². The summed E-state index contributed by atoms with van der Waals surface area (Å²) < 4.78 is 17.8. The molecule has 0 heterocycles. The van der Waals surface area contributed by atoms with Gasteiger partial charge in [0.2, 0.25) is 0 Å². The molecule has 4 aromatic carbocycles. The van der Waals surface area contributed by atoms with Crippen molar-refractivity contribution in [2.75, 3.05) is 13.7 Å². The first kappa shape index (κ1) is 27.5. The highest BCUT2D eigenvalue weighted by Gasteiger charge is 2.10. The molecule has 0 saturated carbocycles. The second kappa shape index (κ2) is 14.4. The molecule has 4 aromatic rings. The minimum Gasteiger partial charge on any atom is -0.494 e. The molecule has 1 unspecified atom stereocenters. The standard InChI is InChI=1S/C34H35NO4/c1-26(22-27(2)37-23-28-10-6-4-7-11-28)30-16-20-33(21-17-30)38-24-29-14-18-32(19-15-29)39-25-34(35-36-3)31-12-8-5-9-13-31/h4-21,26H,2,22-25H2,1,3H3/b35-34+. The van der Waals surface area contributed by atoms with E-state index < -0.39 is 0 Å². The van der Waals surface area contributed by atoms with Gasteiger partial charge in [-0.05, 0) is 46.9 Å². The van der Waals surface area contributed by atoms with Crippen LogP contribution in [-0.2, 0) is 22.8 Å².